The first-order chi connectivity index (χ1) is 12.4. The lowest BCUT2D eigenvalue weighted by Gasteiger charge is -2.06. The molecule has 0 saturated carbocycles. The summed E-state index contributed by atoms with van der Waals surface area (Å²) < 4.78 is 31.7. The summed E-state index contributed by atoms with van der Waals surface area (Å²) in [7, 11) is 0. The number of carbonyl (C=O) groups excluding carboxylic acids is 1. The number of amides is 1. The Morgan fingerprint density at radius 3 is 2.65 bits per heavy atom. The van der Waals surface area contributed by atoms with Crippen LogP contribution in [0.5, 0.6) is 5.75 Å². The highest BCUT2D eigenvalue weighted by molar-refractivity contribution is 7.12. The minimum Gasteiger partial charge on any atom is -0.486 e. The molecular formula is C18H11Cl2F2NO2S. The summed E-state index contributed by atoms with van der Waals surface area (Å²) in [6, 6.07) is 9.46. The van der Waals surface area contributed by atoms with E-state index in [1.54, 1.807) is 23.6 Å². The average Bonchev–Trinajstić information content (AvgIpc) is 3.06. The molecule has 1 heterocycles. The summed E-state index contributed by atoms with van der Waals surface area (Å²) in [5.41, 5.74) is 1.13. The molecule has 0 spiro atoms. The number of hydrogen-bond donors (Lipinski definition) is 1. The molecule has 3 nitrogen and oxygen atoms in total. The molecule has 134 valence electrons. The first kappa shape index (κ1) is 18.6. The third kappa shape index (κ3) is 4.52. The van der Waals surface area contributed by atoms with Crippen molar-refractivity contribution in [2.75, 3.05) is 5.32 Å². The maximum absolute atomic E-state index is 13.5. The molecule has 26 heavy (non-hydrogen) atoms. The zero-order valence-corrected chi connectivity index (χ0v) is 15.4. The van der Waals surface area contributed by atoms with Gasteiger partial charge >= 0.3 is 0 Å². The van der Waals surface area contributed by atoms with E-state index in [1.807, 2.05) is 0 Å². The topological polar surface area (TPSA) is 38.3 Å². The van der Waals surface area contributed by atoms with Crippen molar-refractivity contribution in [1.29, 1.82) is 0 Å². The zero-order chi connectivity index (χ0) is 18.7. The predicted octanol–water partition coefficient (Wildman–Crippen LogP) is 6.16. The van der Waals surface area contributed by atoms with Crippen molar-refractivity contribution in [3.05, 3.63) is 80.0 Å². The van der Waals surface area contributed by atoms with Gasteiger partial charge in [0.1, 0.15) is 12.4 Å². The van der Waals surface area contributed by atoms with Crippen LogP contribution >= 0.6 is 34.5 Å². The Morgan fingerprint density at radius 1 is 1.12 bits per heavy atom. The number of halogens is 4. The Hall–Kier alpha value is -2.15. The van der Waals surface area contributed by atoms with Crippen LogP contribution in [0.15, 0.2) is 47.8 Å². The Kier molecular flexibility index (Phi) is 5.76. The smallest absolute Gasteiger partial charge is 0.265 e. The summed E-state index contributed by atoms with van der Waals surface area (Å²) in [6.45, 7) is 0.0496. The number of benzene rings is 2. The summed E-state index contributed by atoms with van der Waals surface area (Å²) in [6.07, 6.45) is 0. The predicted molar refractivity (Wildman–Crippen MR) is 99.4 cm³/mol. The molecule has 3 rings (SSSR count). The second-order valence-electron chi connectivity index (χ2n) is 5.26. The van der Waals surface area contributed by atoms with Crippen LogP contribution in [0.1, 0.15) is 15.2 Å². The molecule has 0 aliphatic carbocycles. The maximum atomic E-state index is 13.5. The summed E-state index contributed by atoms with van der Waals surface area (Å²) in [5, 5.41) is 5.22. The molecule has 0 bridgehead atoms. The van der Waals surface area contributed by atoms with E-state index >= 15 is 0 Å². The molecule has 8 heteroatoms. The van der Waals surface area contributed by atoms with E-state index < -0.39 is 11.6 Å². The van der Waals surface area contributed by atoms with Gasteiger partial charge in [0, 0.05) is 16.7 Å². The van der Waals surface area contributed by atoms with E-state index in [0.717, 1.165) is 12.1 Å². The van der Waals surface area contributed by atoms with Crippen molar-refractivity contribution >= 4 is 46.1 Å². The van der Waals surface area contributed by atoms with Crippen LogP contribution in [-0.2, 0) is 6.61 Å². The molecule has 0 atom stereocenters. The standard InChI is InChI=1S/C18H11Cl2F2NO2S/c19-11-1-3-15(13(20)6-11)23-18(24)17-5-10(9-26-17)8-25-16-4-2-12(21)7-14(16)22/h1-7,9H,8H2,(H,23,24). The summed E-state index contributed by atoms with van der Waals surface area (Å²) in [4.78, 5) is 12.7. The molecular weight excluding hydrogens is 403 g/mol. The van der Waals surface area contributed by atoms with Gasteiger partial charge in [0.2, 0.25) is 0 Å². The first-order valence-electron chi connectivity index (χ1n) is 7.34. The van der Waals surface area contributed by atoms with E-state index in [9.17, 15) is 13.6 Å². The van der Waals surface area contributed by atoms with Crippen LogP contribution in [0.3, 0.4) is 0 Å². The van der Waals surface area contributed by atoms with Gasteiger partial charge in [-0.2, -0.15) is 0 Å². The lowest BCUT2D eigenvalue weighted by molar-refractivity contribution is 0.103. The third-order valence-corrected chi connectivity index (χ3v) is 4.87. The van der Waals surface area contributed by atoms with E-state index in [0.29, 0.717) is 26.2 Å². The van der Waals surface area contributed by atoms with Gasteiger partial charge in [0.15, 0.2) is 11.6 Å². The van der Waals surface area contributed by atoms with Crippen molar-refractivity contribution in [3.63, 3.8) is 0 Å². The third-order valence-electron chi connectivity index (χ3n) is 3.35. The zero-order valence-electron chi connectivity index (χ0n) is 13.1. The minimum absolute atomic E-state index is 0.0496. The Bertz CT molecular complexity index is 962. The Labute approximate surface area is 162 Å². The molecule has 1 aromatic heterocycles. The van der Waals surface area contributed by atoms with Gasteiger partial charge in [-0.1, -0.05) is 23.2 Å². The molecule has 0 aliphatic heterocycles. The quantitative estimate of drug-likeness (QED) is 0.543. The van der Waals surface area contributed by atoms with Crippen molar-refractivity contribution in [3.8, 4) is 5.75 Å². The maximum Gasteiger partial charge on any atom is 0.265 e. The second-order valence-corrected chi connectivity index (χ2v) is 7.02. The normalized spacial score (nSPS) is 10.6. The highest BCUT2D eigenvalue weighted by Crippen LogP contribution is 2.27. The molecule has 0 unspecified atom stereocenters. The lowest BCUT2D eigenvalue weighted by atomic mass is 10.3. The van der Waals surface area contributed by atoms with Gasteiger partial charge in [-0.15, -0.1) is 11.3 Å². The SMILES string of the molecule is O=C(Nc1ccc(Cl)cc1Cl)c1cc(COc2ccc(F)cc2F)cs1. The van der Waals surface area contributed by atoms with Gasteiger partial charge in [-0.05, 0) is 41.8 Å². The van der Waals surface area contributed by atoms with Crippen LogP contribution in [0.2, 0.25) is 10.0 Å². The molecule has 0 aliphatic rings. The van der Waals surface area contributed by atoms with E-state index in [4.69, 9.17) is 27.9 Å². The van der Waals surface area contributed by atoms with Crippen LogP contribution in [-0.4, -0.2) is 5.91 Å². The number of rotatable bonds is 5. The molecule has 0 radical (unpaired) electrons. The van der Waals surface area contributed by atoms with Gasteiger partial charge < -0.3 is 10.1 Å². The first-order valence-corrected chi connectivity index (χ1v) is 8.97. The van der Waals surface area contributed by atoms with E-state index in [1.165, 1.54) is 23.5 Å². The molecule has 3 aromatic rings. The van der Waals surface area contributed by atoms with Crippen molar-refractivity contribution in [2.45, 2.75) is 6.61 Å². The fourth-order valence-corrected chi connectivity index (χ4v) is 3.35. The van der Waals surface area contributed by atoms with Crippen LogP contribution < -0.4 is 10.1 Å². The largest absolute Gasteiger partial charge is 0.486 e. The van der Waals surface area contributed by atoms with Gasteiger partial charge in [-0.3, -0.25) is 4.79 Å². The number of anilines is 1. The molecule has 1 amide bonds. The van der Waals surface area contributed by atoms with Crippen LogP contribution in [0.4, 0.5) is 14.5 Å². The van der Waals surface area contributed by atoms with E-state index in [2.05, 4.69) is 5.32 Å². The molecule has 1 N–H and O–H groups in total. The Morgan fingerprint density at radius 2 is 1.92 bits per heavy atom. The van der Waals surface area contributed by atoms with Crippen molar-refractivity contribution in [1.82, 2.24) is 0 Å². The Balaban J connectivity index is 1.64. The van der Waals surface area contributed by atoms with Gasteiger partial charge in [0.05, 0.1) is 15.6 Å². The number of hydrogen-bond acceptors (Lipinski definition) is 3. The number of ether oxygens (including phenoxy) is 1. The van der Waals surface area contributed by atoms with Crippen LogP contribution in [0, 0.1) is 11.6 Å². The second kappa shape index (κ2) is 8.03. The average molecular weight is 414 g/mol. The minimum atomic E-state index is -0.782. The highest BCUT2D eigenvalue weighted by Gasteiger charge is 2.12. The highest BCUT2D eigenvalue weighted by atomic mass is 35.5. The fraction of sp³-hybridized carbons (Fsp3) is 0.0556. The summed E-state index contributed by atoms with van der Waals surface area (Å²) in [5.74, 6) is -1.85. The number of thiophene rings is 1. The van der Waals surface area contributed by atoms with Crippen molar-refractivity contribution < 1.29 is 18.3 Å². The van der Waals surface area contributed by atoms with E-state index in [-0.39, 0.29) is 18.3 Å². The van der Waals surface area contributed by atoms with Gasteiger partial charge in [0.25, 0.3) is 5.91 Å². The number of nitrogens with one attached hydrogen (secondary N) is 1. The van der Waals surface area contributed by atoms with Gasteiger partial charge in [-0.25, -0.2) is 8.78 Å². The summed E-state index contributed by atoms with van der Waals surface area (Å²) >= 11 is 13.1. The molecule has 0 saturated heterocycles. The molecule has 2 aromatic carbocycles. The molecule has 0 fully saturated rings. The lowest BCUT2D eigenvalue weighted by Crippen LogP contribution is -2.10. The number of carbonyl (C=O) groups is 1. The monoisotopic (exact) mass is 413 g/mol. The van der Waals surface area contributed by atoms with Crippen LogP contribution in [0.25, 0.3) is 0 Å². The van der Waals surface area contributed by atoms with Crippen molar-refractivity contribution in [2.24, 2.45) is 0 Å². The fourth-order valence-electron chi connectivity index (χ4n) is 2.10.